The van der Waals surface area contributed by atoms with E-state index >= 15 is 0 Å². The molecular formula is C17H12ClF2NO3. The van der Waals surface area contributed by atoms with Gasteiger partial charge in [-0.3, -0.25) is 4.79 Å². The predicted octanol–water partition coefficient (Wildman–Crippen LogP) is 3.81. The van der Waals surface area contributed by atoms with E-state index in [2.05, 4.69) is 5.32 Å². The second kappa shape index (κ2) is 8.21. The molecule has 0 spiro atoms. The average Bonchev–Trinajstić information content (AvgIpc) is 2.54. The van der Waals surface area contributed by atoms with Crippen LogP contribution in [0.25, 0.3) is 6.08 Å². The highest BCUT2D eigenvalue weighted by molar-refractivity contribution is 6.32. The molecule has 2 rings (SSSR count). The van der Waals surface area contributed by atoms with Crippen LogP contribution in [0.2, 0.25) is 5.02 Å². The summed E-state index contributed by atoms with van der Waals surface area (Å²) in [6.07, 6.45) is 2.09. The van der Waals surface area contributed by atoms with Crippen molar-refractivity contribution in [2.24, 2.45) is 0 Å². The van der Waals surface area contributed by atoms with Crippen LogP contribution in [0, 0.1) is 11.6 Å². The molecular weight excluding hydrogens is 340 g/mol. The van der Waals surface area contributed by atoms with Crippen LogP contribution in [-0.4, -0.2) is 18.5 Å². The molecule has 7 heteroatoms. The van der Waals surface area contributed by atoms with E-state index in [1.54, 1.807) is 6.07 Å². The van der Waals surface area contributed by atoms with Crippen LogP contribution < -0.4 is 5.32 Å². The molecule has 124 valence electrons. The Balaban J connectivity index is 1.88. The second-order valence-corrected chi connectivity index (χ2v) is 5.01. The standard InChI is InChI=1S/C17H12ClF2NO3/c18-12-4-3-6-13(19)11(12)8-9-17(23)24-10-16(22)21-15-7-2-1-5-14(15)20/h1-9H,10H2,(H,21,22)/b9-8+. The number of rotatable bonds is 5. The molecule has 0 aromatic heterocycles. The number of benzene rings is 2. The van der Waals surface area contributed by atoms with Crippen molar-refractivity contribution in [2.45, 2.75) is 0 Å². The van der Waals surface area contributed by atoms with Crippen LogP contribution in [0.3, 0.4) is 0 Å². The number of nitrogens with one attached hydrogen (secondary N) is 1. The zero-order valence-corrected chi connectivity index (χ0v) is 13.0. The monoisotopic (exact) mass is 351 g/mol. The lowest BCUT2D eigenvalue weighted by Gasteiger charge is -2.06. The molecule has 0 heterocycles. The summed E-state index contributed by atoms with van der Waals surface area (Å²) in [6.45, 7) is -0.609. The van der Waals surface area contributed by atoms with Gasteiger partial charge in [-0.05, 0) is 30.3 Å². The molecule has 0 aliphatic rings. The van der Waals surface area contributed by atoms with Gasteiger partial charge < -0.3 is 10.1 Å². The number of amides is 1. The Morgan fingerprint density at radius 2 is 1.79 bits per heavy atom. The third-order valence-electron chi connectivity index (χ3n) is 2.88. The fourth-order valence-electron chi connectivity index (χ4n) is 1.75. The van der Waals surface area contributed by atoms with Gasteiger partial charge in [0.15, 0.2) is 6.61 Å². The third kappa shape index (κ3) is 4.89. The molecule has 0 aliphatic carbocycles. The number of para-hydroxylation sites is 1. The van der Waals surface area contributed by atoms with Gasteiger partial charge in [-0.25, -0.2) is 13.6 Å². The van der Waals surface area contributed by atoms with E-state index in [-0.39, 0.29) is 16.3 Å². The summed E-state index contributed by atoms with van der Waals surface area (Å²) in [4.78, 5) is 23.1. The minimum atomic E-state index is -0.863. The summed E-state index contributed by atoms with van der Waals surface area (Å²) in [7, 11) is 0. The van der Waals surface area contributed by atoms with Crippen molar-refractivity contribution in [3.63, 3.8) is 0 Å². The highest BCUT2D eigenvalue weighted by Gasteiger charge is 2.09. The van der Waals surface area contributed by atoms with E-state index < -0.39 is 30.1 Å². The first-order chi connectivity index (χ1) is 11.5. The van der Waals surface area contributed by atoms with Crippen LogP contribution in [0.15, 0.2) is 48.5 Å². The second-order valence-electron chi connectivity index (χ2n) is 4.60. The summed E-state index contributed by atoms with van der Waals surface area (Å²) in [6, 6.07) is 9.67. The minimum absolute atomic E-state index is 0.0211. The smallest absolute Gasteiger partial charge is 0.331 e. The molecule has 0 fully saturated rings. The number of halogens is 3. The first-order valence-corrected chi connectivity index (χ1v) is 7.18. The van der Waals surface area contributed by atoms with E-state index in [4.69, 9.17) is 16.3 Å². The molecule has 0 atom stereocenters. The number of ether oxygens (including phenoxy) is 1. The van der Waals surface area contributed by atoms with Crippen molar-refractivity contribution in [3.8, 4) is 0 Å². The van der Waals surface area contributed by atoms with E-state index in [1.165, 1.54) is 36.4 Å². The van der Waals surface area contributed by atoms with E-state index in [0.29, 0.717) is 0 Å². The highest BCUT2D eigenvalue weighted by atomic mass is 35.5. The van der Waals surface area contributed by atoms with Gasteiger partial charge >= 0.3 is 5.97 Å². The van der Waals surface area contributed by atoms with Gasteiger partial charge in [-0.1, -0.05) is 29.8 Å². The Labute approximate surface area is 141 Å². The van der Waals surface area contributed by atoms with Crippen LogP contribution in [0.5, 0.6) is 0 Å². The maximum absolute atomic E-state index is 13.5. The molecule has 1 N–H and O–H groups in total. The molecule has 2 aromatic carbocycles. The topological polar surface area (TPSA) is 55.4 Å². The third-order valence-corrected chi connectivity index (χ3v) is 3.21. The van der Waals surface area contributed by atoms with Crippen molar-refractivity contribution < 1.29 is 23.1 Å². The number of anilines is 1. The highest BCUT2D eigenvalue weighted by Crippen LogP contribution is 2.20. The van der Waals surface area contributed by atoms with Crippen molar-refractivity contribution in [1.82, 2.24) is 0 Å². The Morgan fingerprint density at radius 3 is 2.50 bits per heavy atom. The Morgan fingerprint density at radius 1 is 1.08 bits per heavy atom. The number of carbonyl (C=O) groups is 2. The molecule has 0 saturated heterocycles. The average molecular weight is 352 g/mol. The Kier molecular flexibility index (Phi) is 6.03. The van der Waals surface area contributed by atoms with Crippen molar-refractivity contribution in [1.29, 1.82) is 0 Å². The van der Waals surface area contributed by atoms with Crippen LogP contribution in [0.4, 0.5) is 14.5 Å². The van der Waals surface area contributed by atoms with Gasteiger partial charge in [0.25, 0.3) is 5.91 Å². The lowest BCUT2D eigenvalue weighted by Crippen LogP contribution is -2.20. The maximum atomic E-state index is 13.5. The molecule has 0 radical (unpaired) electrons. The fourth-order valence-corrected chi connectivity index (χ4v) is 1.98. The van der Waals surface area contributed by atoms with Gasteiger partial charge in [0.05, 0.1) is 10.7 Å². The number of carbonyl (C=O) groups excluding carboxylic acids is 2. The summed E-state index contributed by atoms with van der Waals surface area (Å²) < 4.78 is 31.6. The normalized spacial score (nSPS) is 10.6. The minimum Gasteiger partial charge on any atom is -0.452 e. The fraction of sp³-hybridized carbons (Fsp3) is 0.0588. The van der Waals surface area contributed by atoms with Crippen LogP contribution >= 0.6 is 11.6 Å². The Bertz CT molecular complexity index is 773. The largest absolute Gasteiger partial charge is 0.452 e. The van der Waals surface area contributed by atoms with Crippen molar-refractivity contribution in [2.75, 3.05) is 11.9 Å². The molecule has 4 nitrogen and oxygen atoms in total. The quantitative estimate of drug-likeness (QED) is 0.658. The lowest BCUT2D eigenvalue weighted by molar-refractivity contribution is -0.142. The lowest BCUT2D eigenvalue weighted by atomic mass is 10.2. The van der Waals surface area contributed by atoms with Gasteiger partial charge in [-0.15, -0.1) is 0 Å². The number of hydrogen-bond acceptors (Lipinski definition) is 3. The van der Waals surface area contributed by atoms with Crippen molar-refractivity contribution in [3.05, 3.63) is 70.8 Å². The molecule has 0 aliphatic heterocycles. The summed E-state index contributed by atoms with van der Waals surface area (Å²) >= 11 is 5.80. The number of esters is 1. The first-order valence-electron chi connectivity index (χ1n) is 6.80. The molecule has 1 amide bonds. The summed E-state index contributed by atoms with van der Waals surface area (Å²) in [5.74, 6) is -2.76. The van der Waals surface area contributed by atoms with Gasteiger partial charge in [0, 0.05) is 11.6 Å². The molecule has 0 saturated carbocycles. The van der Waals surface area contributed by atoms with Gasteiger partial charge in [0.1, 0.15) is 11.6 Å². The predicted molar refractivity (Wildman–Crippen MR) is 86.4 cm³/mol. The van der Waals surface area contributed by atoms with Gasteiger partial charge in [0.2, 0.25) is 0 Å². The van der Waals surface area contributed by atoms with Crippen LogP contribution in [-0.2, 0) is 14.3 Å². The summed E-state index contributed by atoms with van der Waals surface area (Å²) in [5.41, 5.74) is 0.0131. The van der Waals surface area contributed by atoms with E-state index in [9.17, 15) is 18.4 Å². The van der Waals surface area contributed by atoms with E-state index in [1.807, 2.05) is 0 Å². The Hall–Kier alpha value is -2.73. The molecule has 24 heavy (non-hydrogen) atoms. The number of hydrogen-bond donors (Lipinski definition) is 1. The van der Waals surface area contributed by atoms with Crippen molar-refractivity contribution >= 4 is 35.2 Å². The van der Waals surface area contributed by atoms with Gasteiger partial charge in [-0.2, -0.15) is 0 Å². The SMILES string of the molecule is O=C(COC(=O)/C=C/c1c(F)cccc1Cl)Nc1ccccc1F. The van der Waals surface area contributed by atoms with Crippen LogP contribution in [0.1, 0.15) is 5.56 Å². The molecule has 2 aromatic rings. The summed E-state index contributed by atoms with van der Waals surface area (Å²) in [5, 5.41) is 2.40. The molecule has 0 unspecified atom stereocenters. The zero-order chi connectivity index (χ0) is 17.5. The first kappa shape index (κ1) is 17.6. The maximum Gasteiger partial charge on any atom is 0.331 e. The molecule has 0 bridgehead atoms. The van der Waals surface area contributed by atoms with E-state index in [0.717, 1.165) is 12.2 Å². The zero-order valence-electron chi connectivity index (χ0n) is 12.3.